The van der Waals surface area contributed by atoms with Gasteiger partial charge in [0.2, 0.25) is 0 Å². The summed E-state index contributed by atoms with van der Waals surface area (Å²) < 4.78 is 0. The molecule has 0 radical (unpaired) electrons. The second-order valence-corrected chi connectivity index (χ2v) is 10.3. The normalized spacial score (nSPS) is 12.7. The van der Waals surface area contributed by atoms with Gasteiger partial charge in [0.25, 0.3) is 0 Å². The second-order valence-electron chi connectivity index (χ2n) is 10.3. The lowest BCUT2D eigenvalue weighted by atomic mass is 9.99. The predicted octanol–water partition coefficient (Wildman–Crippen LogP) is 10.3. The molecule has 0 aromatic rings. The van der Waals surface area contributed by atoms with Crippen LogP contribution in [0.3, 0.4) is 0 Å². The van der Waals surface area contributed by atoms with Crippen molar-refractivity contribution in [1.82, 2.24) is 4.90 Å². The van der Waals surface area contributed by atoms with Crippen LogP contribution in [0.4, 0.5) is 0 Å². The molecule has 1 nitrogen and oxygen atoms in total. The van der Waals surface area contributed by atoms with Gasteiger partial charge in [-0.15, -0.1) is 0 Å². The van der Waals surface area contributed by atoms with Crippen molar-refractivity contribution in [2.45, 2.75) is 174 Å². The highest BCUT2D eigenvalue weighted by Crippen LogP contribution is 2.18. The summed E-state index contributed by atoms with van der Waals surface area (Å²) in [5.41, 5.74) is 0. The van der Waals surface area contributed by atoms with Gasteiger partial charge < -0.3 is 4.90 Å². The van der Waals surface area contributed by atoms with Crippen molar-refractivity contribution in [1.29, 1.82) is 0 Å². The highest BCUT2D eigenvalue weighted by atomic mass is 15.1. The number of unbranched alkanes of at least 4 members (excludes halogenated alkanes) is 20. The molecule has 0 saturated carbocycles. The van der Waals surface area contributed by atoms with Gasteiger partial charge in [-0.2, -0.15) is 0 Å². The van der Waals surface area contributed by atoms with Gasteiger partial charge in [-0.1, -0.05) is 155 Å². The topological polar surface area (TPSA) is 3.24 Å². The summed E-state index contributed by atoms with van der Waals surface area (Å²) in [6, 6.07) is 0.822. The van der Waals surface area contributed by atoms with Crippen LogP contribution in [0, 0.1) is 0 Å². The quantitative estimate of drug-likeness (QED) is 0.132. The third-order valence-electron chi connectivity index (χ3n) is 7.01. The Morgan fingerprint density at radius 1 is 0.367 bits per heavy atom. The first-order valence-corrected chi connectivity index (χ1v) is 14.4. The lowest BCUT2D eigenvalue weighted by molar-refractivity contribution is 0.251. The maximum absolute atomic E-state index is 2.49. The lowest BCUT2D eigenvalue weighted by Gasteiger charge is -2.24. The third-order valence-corrected chi connectivity index (χ3v) is 7.01. The van der Waals surface area contributed by atoms with Crippen LogP contribution in [-0.4, -0.2) is 25.0 Å². The van der Waals surface area contributed by atoms with E-state index in [1.54, 1.807) is 0 Å². The Hall–Kier alpha value is -0.0400. The molecule has 0 aromatic carbocycles. The van der Waals surface area contributed by atoms with Crippen molar-refractivity contribution in [3.05, 3.63) is 0 Å². The molecule has 0 rings (SSSR count). The average molecular weight is 424 g/mol. The Balaban J connectivity index is 3.36. The monoisotopic (exact) mass is 423 g/mol. The number of nitrogens with zero attached hydrogens (tertiary/aromatic N) is 1. The first kappa shape index (κ1) is 30.0. The third kappa shape index (κ3) is 22.6. The molecule has 30 heavy (non-hydrogen) atoms. The van der Waals surface area contributed by atoms with Gasteiger partial charge in [-0.3, -0.25) is 0 Å². The maximum Gasteiger partial charge on any atom is 0.00891 e. The van der Waals surface area contributed by atoms with Gasteiger partial charge in [0.1, 0.15) is 0 Å². The number of hydrogen-bond donors (Lipinski definition) is 0. The van der Waals surface area contributed by atoms with Crippen LogP contribution in [0.25, 0.3) is 0 Å². The summed E-state index contributed by atoms with van der Waals surface area (Å²) in [7, 11) is 4.58. The van der Waals surface area contributed by atoms with Crippen LogP contribution in [0.15, 0.2) is 0 Å². The Morgan fingerprint density at radius 2 is 0.600 bits per heavy atom. The summed E-state index contributed by atoms with van der Waals surface area (Å²) in [6.07, 6.45) is 34.8. The average Bonchev–Trinajstić information content (AvgIpc) is 2.74. The molecule has 0 heterocycles. The highest BCUT2D eigenvalue weighted by molar-refractivity contribution is 4.67. The Labute approximate surface area is 193 Å². The zero-order valence-corrected chi connectivity index (χ0v) is 22.0. The predicted molar refractivity (Wildman–Crippen MR) is 140 cm³/mol. The molecule has 0 aliphatic heterocycles. The molecule has 0 aromatic heterocycles. The molecule has 1 heteroatoms. The molecular weight excluding hydrogens is 362 g/mol. The largest absolute Gasteiger partial charge is 0.306 e. The number of hydrogen-bond acceptors (Lipinski definition) is 1. The van der Waals surface area contributed by atoms with Crippen LogP contribution in [0.2, 0.25) is 0 Å². The van der Waals surface area contributed by atoms with Gasteiger partial charge in [0.05, 0.1) is 0 Å². The smallest absolute Gasteiger partial charge is 0.00891 e. The van der Waals surface area contributed by atoms with Crippen molar-refractivity contribution >= 4 is 0 Å². The van der Waals surface area contributed by atoms with E-state index in [-0.39, 0.29) is 0 Å². The van der Waals surface area contributed by atoms with E-state index in [2.05, 4.69) is 32.8 Å². The Kier molecular flexibility index (Phi) is 25.2. The highest BCUT2D eigenvalue weighted by Gasteiger charge is 2.10. The molecule has 0 fully saturated rings. The van der Waals surface area contributed by atoms with Gasteiger partial charge in [0, 0.05) is 6.04 Å². The fourth-order valence-electron chi connectivity index (χ4n) is 4.75. The Morgan fingerprint density at radius 3 is 0.833 bits per heavy atom. The van der Waals surface area contributed by atoms with E-state index < -0.39 is 0 Å². The van der Waals surface area contributed by atoms with Crippen molar-refractivity contribution in [2.24, 2.45) is 0 Å². The van der Waals surface area contributed by atoms with E-state index in [0.717, 1.165) is 6.04 Å². The second kappa shape index (κ2) is 25.2. The Bertz CT molecular complexity index is 299. The summed E-state index contributed by atoms with van der Waals surface area (Å²) in [5.74, 6) is 0. The van der Waals surface area contributed by atoms with Crippen LogP contribution in [-0.2, 0) is 0 Å². The fraction of sp³-hybridized carbons (Fsp3) is 1.00. The summed E-state index contributed by atoms with van der Waals surface area (Å²) in [6.45, 7) is 4.61. The van der Waals surface area contributed by atoms with E-state index in [1.165, 1.54) is 154 Å². The van der Waals surface area contributed by atoms with Crippen molar-refractivity contribution in [3.63, 3.8) is 0 Å². The van der Waals surface area contributed by atoms with Crippen LogP contribution in [0.5, 0.6) is 0 Å². The molecule has 0 bridgehead atoms. The van der Waals surface area contributed by atoms with Gasteiger partial charge in [-0.25, -0.2) is 0 Å². The first-order chi connectivity index (χ1) is 14.7. The molecule has 0 aliphatic rings. The van der Waals surface area contributed by atoms with E-state index >= 15 is 0 Å². The summed E-state index contributed by atoms with van der Waals surface area (Å²) >= 11 is 0. The van der Waals surface area contributed by atoms with E-state index in [9.17, 15) is 0 Å². The molecule has 182 valence electrons. The number of rotatable bonds is 25. The first-order valence-electron chi connectivity index (χ1n) is 14.4. The molecule has 0 spiro atoms. The molecule has 1 unspecified atom stereocenters. The minimum Gasteiger partial charge on any atom is -0.306 e. The summed E-state index contributed by atoms with van der Waals surface area (Å²) in [4.78, 5) is 2.49. The lowest BCUT2D eigenvalue weighted by Crippen LogP contribution is -2.27. The van der Waals surface area contributed by atoms with Crippen molar-refractivity contribution in [3.8, 4) is 0 Å². The van der Waals surface area contributed by atoms with Crippen LogP contribution in [0.1, 0.15) is 168 Å². The molecular formula is C29H61N. The molecule has 1 atom stereocenters. The van der Waals surface area contributed by atoms with Crippen molar-refractivity contribution in [2.75, 3.05) is 14.1 Å². The van der Waals surface area contributed by atoms with E-state index in [4.69, 9.17) is 0 Å². The fourth-order valence-corrected chi connectivity index (χ4v) is 4.75. The van der Waals surface area contributed by atoms with Gasteiger partial charge in [-0.05, 0) is 26.9 Å². The standard InChI is InChI=1S/C29H61N/c1-5-7-9-11-13-14-15-16-17-18-19-20-22-24-26-28-29(30(3)4)27-25-23-21-12-10-8-6-2/h29H,5-28H2,1-4H3. The minimum absolute atomic E-state index is 0.822. The van der Waals surface area contributed by atoms with Gasteiger partial charge in [0.15, 0.2) is 0 Å². The van der Waals surface area contributed by atoms with Crippen LogP contribution < -0.4 is 0 Å². The maximum atomic E-state index is 2.49. The van der Waals surface area contributed by atoms with E-state index in [0.29, 0.717) is 0 Å². The molecule has 0 aliphatic carbocycles. The van der Waals surface area contributed by atoms with E-state index in [1.807, 2.05) is 0 Å². The minimum atomic E-state index is 0.822. The molecule has 0 amide bonds. The van der Waals surface area contributed by atoms with Crippen molar-refractivity contribution < 1.29 is 0 Å². The van der Waals surface area contributed by atoms with Gasteiger partial charge >= 0.3 is 0 Å². The molecule has 0 saturated heterocycles. The SMILES string of the molecule is CCCCCCCCCCCCCCCCCC(CCCCCCCCC)N(C)C. The zero-order valence-electron chi connectivity index (χ0n) is 22.0. The zero-order chi connectivity index (χ0) is 22.1. The summed E-state index contributed by atoms with van der Waals surface area (Å²) in [5, 5.41) is 0. The molecule has 0 N–H and O–H groups in total. The van der Waals surface area contributed by atoms with Crippen LogP contribution >= 0.6 is 0 Å².